The second kappa shape index (κ2) is 4.89. The molecule has 0 amide bonds. The van der Waals surface area contributed by atoms with Gasteiger partial charge in [-0.25, -0.2) is 4.98 Å². The number of ether oxygens (including phenoxy) is 1. The topological polar surface area (TPSA) is 59.9 Å². The van der Waals surface area contributed by atoms with Crippen LogP contribution < -0.4 is 10.1 Å². The number of nitrogens with zero attached hydrogens (tertiary/aromatic N) is 3. The molecule has 0 radical (unpaired) electrons. The lowest BCUT2D eigenvalue weighted by Crippen LogP contribution is -1.94. The van der Waals surface area contributed by atoms with E-state index in [1.54, 1.807) is 13.3 Å². The van der Waals surface area contributed by atoms with Crippen LogP contribution in [-0.2, 0) is 0 Å². The minimum atomic E-state index is 0.710. The molecule has 6 heteroatoms. The van der Waals surface area contributed by atoms with Crippen molar-refractivity contribution < 1.29 is 4.74 Å². The Labute approximate surface area is 97.5 Å². The Bertz CT molecular complexity index is 471. The van der Waals surface area contributed by atoms with Gasteiger partial charge in [-0.05, 0) is 19.1 Å². The molecule has 1 N–H and O–H groups in total. The van der Waals surface area contributed by atoms with Gasteiger partial charge < -0.3 is 10.1 Å². The molecular weight excluding hydrogens is 224 g/mol. The molecular formula is C10H12N4OS. The normalized spacial score (nSPS) is 10.1. The monoisotopic (exact) mass is 236 g/mol. The van der Waals surface area contributed by atoms with E-state index < -0.39 is 0 Å². The molecule has 2 aromatic rings. The number of hydrogen-bond acceptors (Lipinski definition) is 6. The quantitative estimate of drug-likeness (QED) is 0.880. The van der Waals surface area contributed by atoms with Crippen LogP contribution in [0.3, 0.4) is 0 Å². The summed E-state index contributed by atoms with van der Waals surface area (Å²) in [6.45, 7) is 2.84. The van der Waals surface area contributed by atoms with E-state index in [4.69, 9.17) is 4.74 Å². The van der Waals surface area contributed by atoms with Crippen LogP contribution in [0.25, 0.3) is 10.7 Å². The van der Waals surface area contributed by atoms with Gasteiger partial charge in [-0.3, -0.25) is 0 Å². The molecule has 0 saturated carbocycles. The highest BCUT2D eigenvalue weighted by atomic mass is 32.1. The highest BCUT2D eigenvalue weighted by Gasteiger charge is 2.11. The zero-order valence-corrected chi connectivity index (χ0v) is 9.91. The van der Waals surface area contributed by atoms with E-state index in [0.29, 0.717) is 5.75 Å². The number of nitrogens with one attached hydrogen (secondary N) is 1. The fraction of sp³-hybridized carbons (Fsp3) is 0.300. The van der Waals surface area contributed by atoms with Crippen molar-refractivity contribution in [1.29, 1.82) is 0 Å². The standard InChI is InChI=1S/C10H12N4OS/c1-3-11-10-14-13-9(16-10)8-7(15-2)5-4-6-12-8/h4-6H,3H2,1-2H3,(H,11,14). The molecule has 0 spiro atoms. The highest BCUT2D eigenvalue weighted by Crippen LogP contribution is 2.30. The first-order valence-corrected chi connectivity index (χ1v) is 5.73. The summed E-state index contributed by atoms with van der Waals surface area (Å²) in [5.41, 5.74) is 0.728. The van der Waals surface area contributed by atoms with E-state index in [-0.39, 0.29) is 0 Å². The Morgan fingerprint density at radius 3 is 3.06 bits per heavy atom. The lowest BCUT2D eigenvalue weighted by Gasteiger charge is -2.02. The van der Waals surface area contributed by atoms with Crippen LogP contribution >= 0.6 is 11.3 Å². The van der Waals surface area contributed by atoms with Crippen molar-refractivity contribution in [3.8, 4) is 16.5 Å². The molecule has 0 bridgehead atoms. The number of hydrogen-bond donors (Lipinski definition) is 1. The summed E-state index contributed by atoms with van der Waals surface area (Å²) in [6, 6.07) is 3.69. The van der Waals surface area contributed by atoms with Gasteiger partial charge in [-0.15, -0.1) is 10.2 Å². The van der Waals surface area contributed by atoms with Crippen LogP contribution in [-0.4, -0.2) is 28.8 Å². The summed E-state index contributed by atoms with van der Waals surface area (Å²) in [5, 5.41) is 12.8. The van der Waals surface area contributed by atoms with Crippen LogP contribution in [0.1, 0.15) is 6.92 Å². The molecule has 0 aromatic carbocycles. The summed E-state index contributed by atoms with van der Waals surface area (Å²) in [7, 11) is 1.62. The van der Waals surface area contributed by atoms with Crippen LogP contribution in [0, 0.1) is 0 Å². The van der Waals surface area contributed by atoms with Crippen LogP contribution in [0.2, 0.25) is 0 Å². The SMILES string of the molecule is CCNc1nnc(-c2ncccc2OC)s1. The van der Waals surface area contributed by atoms with Crippen molar-refractivity contribution in [2.45, 2.75) is 6.92 Å². The maximum absolute atomic E-state index is 5.22. The third-order valence-corrected chi connectivity index (χ3v) is 2.83. The summed E-state index contributed by atoms with van der Waals surface area (Å²) in [6.07, 6.45) is 1.71. The minimum absolute atomic E-state index is 0.710. The number of methoxy groups -OCH3 is 1. The molecule has 2 heterocycles. The molecule has 2 aromatic heterocycles. The summed E-state index contributed by atoms with van der Waals surface area (Å²) >= 11 is 1.46. The molecule has 0 atom stereocenters. The summed E-state index contributed by atoms with van der Waals surface area (Å²) in [4.78, 5) is 4.25. The van der Waals surface area contributed by atoms with E-state index in [1.807, 2.05) is 19.1 Å². The fourth-order valence-electron chi connectivity index (χ4n) is 1.26. The lowest BCUT2D eigenvalue weighted by atomic mass is 10.3. The molecule has 0 aliphatic heterocycles. The Balaban J connectivity index is 2.34. The zero-order chi connectivity index (χ0) is 11.4. The van der Waals surface area contributed by atoms with Gasteiger partial charge in [0.05, 0.1) is 7.11 Å². The van der Waals surface area contributed by atoms with E-state index in [9.17, 15) is 0 Å². The van der Waals surface area contributed by atoms with Crippen molar-refractivity contribution in [3.63, 3.8) is 0 Å². The van der Waals surface area contributed by atoms with Crippen molar-refractivity contribution in [2.75, 3.05) is 19.0 Å². The molecule has 0 fully saturated rings. The average Bonchev–Trinajstić information content (AvgIpc) is 2.78. The summed E-state index contributed by atoms with van der Waals surface area (Å²) < 4.78 is 5.22. The van der Waals surface area contributed by atoms with Crippen molar-refractivity contribution in [1.82, 2.24) is 15.2 Å². The molecule has 0 unspecified atom stereocenters. The van der Waals surface area contributed by atoms with Gasteiger partial charge >= 0.3 is 0 Å². The number of pyridine rings is 1. The Hall–Kier alpha value is -1.69. The maximum atomic E-state index is 5.22. The van der Waals surface area contributed by atoms with Gasteiger partial charge in [0.1, 0.15) is 11.4 Å². The predicted octanol–water partition coefficient (Wildman–Crippen LogP) is 2.04. The molecule has 0 saturated heterocycles. The maximum Gasteiger partial charge on any atom is 0.206 e. The summed E-state index contributed by atoms with van der Waals surface area (Å²) in [5.74, 6) is 0.710. The third-order valence-electron chi connectivity index (χ3n) is 1.95. The Kier molecular flexibility index (Phi) is 3.31. The number of aromatic nitrogens is 3. The van der Waals surface area contributed by atoms with Gasteiger partial charge in [-0.2, -0.15) is 0 Å². The van der Waals surface area contributed by atoms with E-state index in [2.05, 4.69) is 20.5 Å². The Morgan fingerprint density at radius 2 is 2.31 bits per heavy atom. The molecule has 0 aliphatic rings. The smallest absolute Gasteiger partial charge is 0.206 e. The van der Waals surface area contributed by atoms with Gasteiger partial charge in [0.2, 0.25) is 5.13 Å². The average molecular weight is 236 g/mol. The molecule has 5 nitrogen and oxygen atoms in total. The lowest BCUT2D eigenvalue weighted by molar-refractivity contribution is 0.415. The second-order valence-corrected chi connectivity index (χ2v) is 3.97. The number of rotatable bonds is 4. The van der Waals surface area contributed by atoms with Gasteiger partial charge in [-0.1, -0.05) is 11.3 Å². The first kappa shape index (κ1) is 10.8. The predicted molar refractivity (Wildman–Crippen MR) is 63.9 cm³/mol. The molecule has 0 aliphatic carbocycles. The zero-order valence-electron chi connectivity index (χ0n) is 9.10. The van der Waals surface area contributed by atoms with Crippen LogP contribution in [0.15, 0.2) is 18.3 Å². The van der Waals surface area contributed by atoms with Crippen LogP contribution in [0.4, 0.5) is 5.13 Å². The largest absolute Gasteiger partial charge is 0.494 e. The van der Waals surface area contributed by atoms with Gasteiger partial charge in [0.25, 0.3) is 0 Å². The molecule has 84 valence electrons. The van der Waals surface area contributed by atoms with Gasteiger partial charge in [0, 0.05) is 12.7 Å². The molecule has 16 heavy (non-hydrogen) atoms. The third kappa shape index (κ3) is 2.11. The van der Waals surface area contributed by atoms with Crippen molar-refractivity contribution >= 4 is 16.5 Å². The van der Waals surface area contributed by atoms with E-state index >= 15 is 0 Å². The van der Waals surface area contributed by atoms with E-state index in [1.165, 1.54) is 11.3 Å². The molecule has 2 rings (SSSR count). The highest BCUT2D eigenvalue weighted by molar-refractivity contribution is 7.18. The van der Waals surface area contributed by atoms with Crippen LogP contribution in [0.5, 0.6) is 5.75 Å². The minimum Gasteiger partial charge on any atom is -0.494 e. The van der Waals surface area contributed by atoms with Gasteiger partial charge in [0.15, 0.2) is 5.01 Å². The fourth-order valence-corrected chi connectivity index (χ4v) is 2.07. The Morgan fingerprint density at radius 1 is 1.44 bits per heavy atom. The van der Waals surface area contributed by atoms with Crippen molar-refractivity contribution in [2.24, 2.45) is 0 Å². The van der Waals surface area contributed by atoms with E-state index in [0.717, 1.165) is 22.4 Å². The first-order valence-electron chi connectivity index (χ1n) is 4.92. The number of anilines is 1. The second-order valence-electron chi connectivity index (χ2n) is 3.00. The van der Waals surface area contributed by atoms with Crippen molar-refractivity contribution in [3.05, 3.63) is 18.3 Å². The first-order chi connectivity index (χ1) is 7.85.